The molecule has 2 atom stereocenters. The molecule has 1 fully saturated rings. The van der Waals surface area contributed by atoms with Crippen LogP contribution in [0.25, 0.3) is 0 Å². The number of nitrogens with zero attached hydrogens (tertiary/aromatic N) is 4. The van der Waals surface area contributed by atoms with Gasteiger partial charge in [0.15, 0.2) is 5.82 Å². The van der Waals surface area contributed by atoms with Crippen molar-refractivity contribution < 1.29 is 9.31 Å². The van der Waals surface area contributed by atoms with E-state index in [9.17, 15) is 0 Å². The molecule has 8 heteroatoms. The normalized spacial score (nSPS) is 17.0. The van der Waals surface area contributed by atoms with Crippen molar-refractivity contribution in [2.24, 2.45) is 0 Å². The fourth-order valence-corrected chi connectivity index (χ4v) is 6.66. The number of aromatic nitrogens is 4. The van der Waals surface area contributed by atoms with Gasteiger partial charge in [0.05, 0.1) is 28.8 Å². The number of unbranched alkanes of at least 4 members (excludes halogenated alkanes) is 1. The molecule has 0 radical (unpaired) electrons. The van der Waals surface area contributed by atoms with Crippen molar-refractivity contribution in [1.29, 1.82) is 0 Å². The molecule has 0 aliphatic carbocycles. The van der Waals surface area contributed by atoms with Gasteiger partial charge in [-0.1, -0.05) is 134 Å². The largest absolute Gasteiger partial charge is 0.457 e. The molecule has 4 aromatic carbocycles. The number of tetrazole rings is 1. The number of hydrogen-bond donors (Lipinski definition) is 1. The predicted molar refractivity (Wildman–Crippen MR) is 188 cm³/mol. The molecule has 1 unspecified atom stereocenters. The Bertz CT molecular complexity index is 1580. The highest BCUT2D eigenvalue weighted by Gasteiger charge is 2.50. The monoisotopic (exact) mass is 627 g/mol. The van der Waals surface area contributed by atoms with Crippen LogP contribution in [-0.4, -0.2) is 38.5 Å². The van der Waals surface area contributed by atoms with Crippen LogP contribution in [0.15, 0.2) is 121 Å². The number of hydrogen-bond acceptors (Lipinski definition) is 6. The van der Waals surface area contributed by atoms with E-state index in [1.54, 1.807) is 0 Å². The van der Waals surface area contributed by atoms with E-state index in [4.69, 9.17) is 14.4 Å². The van der Waals surface area contributed by atoms with Gasteiger partial charge in [0.2, 0.25) is 0 Å². The lowest BCUT2D eigenvalue weighted by Crippen LogP contribution is -2.47. The topological polar surface area (TPSA) is 74.1 Å². The quantitative estimate of drug-likeness (QED) is 0.0807. The van der Waals surface area contributed by atoms with Gasteiger partial charge in [0.25, 0.3) is 0 Å². The summed E-state index contributed by atoms with van der Waals surface area (Å²) in [5.74, 6) is 0.809. The molecular formula is C39H46BN5O2. The molecule has 1 saturated heterocycles. The summed E-state index contributed by atoms with van der Waals surface area (Å²) in [5.41, 5.74) is 3.25. The third-order valence-electron chi connectivity index (χ3n) is 9.97. The molecule has 0 saturated carbocycles. The Morgan fingerprint density at radius 2 is 1.17 bits per heavy atom. The number of rotatable bonds is 13. The number of nitrogens with one attached hydrogen (secondary N) is 1. The maximum Gasteiger partial charge on any atom is 0.457 e. The van der Waals surface area contributed by atoms with Gasteiger partial charge >= 0.3 is 7.12 Å². The Balaban J connectivity index is 1.39. The second-order valence-electron chi connectivity index (χ2n) is 13.6. The molecule has 2 heterocycles. The van der Waals surface area contributed by atoms with Crippen LogP contribution in [0.2, 0.25) is 6.32 Å². The van der Waals surface area contributed by atoms with E-state index in [0.717, 1.165) is 53.7 Å². The Hall–Kier alpha value is -4.11. The average molecular weight is 628 g/mol. The van der Waals surface area contributed by atoms with E-state index < -0.39 is 5.54 Å². The molecule has 47 heavy (non-hydrogen) atoms. The minimum absolute atomic E-state index is 0.0465. The Morgan fingerprint density at radius 1 is 0.702 bits per heavy atom. The summed E-state index contributed by atoms with van der Waals surface area (Å²) in [6, 6.07) is 42.3. The maximum absolute atomic E-state index is 6.32. The zero-order valence-corrected chi connectivity index (χ0v) is 28.2. The van der Waals surface area contributed by atoms with Gasteiger partial charge in [0.1, 0.15) is 0 Å². The first-order valence-electron chi connectivity index (χ1n) is 16.8. The summed E-state index contributed by atoms with van der Waals surface area (Å²) in [7, 11) is -0.216. The van der Waals surface area contributed by atoms with Crippen molar-refractivity contribution in [1.82, 2.24) is 25.5 Å². The Labute approximate surface area is 279 Å². The van der Waals surface area contributed by atoms with Crippen molar-refractivity contribution >= 4 is 7.12 Å². The van der Waals surface area contributed by atoms with Crippen molar-refractivity contribution in [3.63, 3.8) is 0 Å². The number of benzene rings is 4. The second kappa shape index (κ2) is 13.9. The highest BCUT2D eigenvalue weighted by molar-refractivity contribution is 6.45. The zero-order valence-electron chi connectivity index (χ0n) is 28.2. The van der Waals surface area contributed by atoms with E-state index in [2.05, 4.69) is 166 Å². The fourth-order valence-electron chi connectivity index (χ4n) is 6.66. The van der Waals surface area contributed by atoms with Gasteiger partial charge in [-0.15, -0.1) is 5.10 Å². The zero-order chi connectivity index (χ0) is 32.9. The van der Waals surface area contributed by atoms with E-state index >= 15 is 0 Å². The minimum Gasteiger partial charge on any atom is -0.403 e. The minimum atomic E-state index is -0.674. The predicted octanol–water partition coefficient (Wildman–Crippen LogP) is 8.17. The molecule has 0 bridgehead atoms. The maximum atomic E-state index is 6.32. The fraction of sp³-hybridized carbons (Fsp3) is 0.359. The Kier molecular flexibility index (Phi) is 9.73. The van der Waals surface area contributed by atoms with Gasteiger partial charge in [-0.25, -0.2) is 4.68 Å². The first kappa shape index (κ1) is 32.8. The molecule has 5 aromatic rings. The molecular weight excluding hydrogens is 581 g/mol. The van der Waals surface area contributed by atoms with Crippen molar-refractivity contribution in [2.45, 2.75) is 89.0 Å². The van der Waals surface area contributed by atoms with Gasteiger partial charge in [-0.05, 0) is 80.0 Å². The van der Waals surface area contributed by atoms with Crippen LogP contribution in [0, 0.1) is 0 Å². The van der Waals surface area contributed by atoms with Crippen molar-refractivity contribution in [3.05, 3.63) is 149 Å². The van der Waals surface area contributed by atoms with Gasteiger partial charge in [-0.3, -0.25) is 5.32 Å². The second-order valence-corrected chi connectivity index (χ2v) is 13.6. The van der Waals surface area contributed by atoms with Crippen LogP contribution in [0.3, 0.4) is 0 Å². The van der Waals surface area contributed by atoms with Gasteiger partial charge < -0.3 is 9.31 Å². The third-order valence-corrected chi connectivity index (χ3v) is 9.97. The summed E-state index contributed by atoms with van der Waals surface area (Å²) in [4.78, 5) is 0. The molecule has 242 valence electrons. The van der Waals surface area contributed by atoms with Crippen LogP contribution in [0.1, 0.15) is 94.0 Å². The summed E-state index contributed by atoms with van der Waals surface area (Å²) in [6.45, 7) is 10.6. The third kappa shape index (κ3) is 6.82. The first-order chi connectivity index (χ1) is 22.7. The molecule has 0 spiro atoms. The lowest BCUT2D eigenvalue weighted by Gasteiger charge is -2.40. The van der Waals surface area contributed by atoms with E-state index in [-0.39, 0.29) is 30.4 Å². The average Bonchev–Trinajstić information content (AvgIpc) is 3.66. The standard InChI is InChI=1S/C39H46BN5O2/c1-30(31-20-10-6-11-21-31)45-36(42-43-44-45)35(28-18-19-29-40-46-37(2,3)38(4,5)47-40)41-39(32-22-12-7-13-23-32,33-24-14-8-15-25-33)34-26-16-9-17-27-34/h6-17,20-27,30,35,41H,18-19,28-29H2,1-5H3/t30-,35?/m0/s1. The lowest BCUT2D eigenvalue weighted by molar-refractivity contribution is 0.00578. The first-order valence-corrected chi connectivity index (χ1v) is 16.8. The highest BCUT2D eigenvalue weighted by Crippen LogP contribution is 2.41. The Morgan fingerprint density at radius 3 is 1.66 bits per heavy atom. The van der Waals surface area contributed by atoms with Crippen molar-refractivity contribution in [3.8, 4) is 0 Å². The molecule has 6 rings (SSSR count). The van der Waals surface area contributed by atoms with E-state index in [1.807, 2.05) is 10.7 Å². The van der Waals surface area contributed by atoms with Crippen LogP contribution in [0.5, 0.6) is 0 Å². The molecule has 7 nitrogen and oxygen atoms in total. The smallest absolute Gasteiger partial charge is 0.403 e. The van der Waals surface area contributed by atoms with E-state index in [1.165, 1.54) is 0 Å². The van der Waals surface area contributed by atoms with E-state index in [0.29, 0.717) is 0 Å². The van der Waals surface area contributed by atoms with Crippen LogP contribution in [-0.2, 0) is 14.8 Å². The SMILES string of the molecule is C[C@@H](c1ccccc1)n1nnnc1C(CCCCB1OC(C)(C)C(C)(C)O1)NC(c1ccccc1)(c1ccccc1)c1ccccc1. The van der Waals surface area contributed by atoms with Gasteiger partial charge in [0, 0.05) is 0 Å². The molecule has 1 N–H and O–H groups in total. The summed E-state index contributed by atoms with van der Waals surface area (Å²) in [6.07, 6.45) is 3.52. The molecule has 1 aliphatic rings. The molecule has 0 amide bonds. The lowest BCUT2D eigenvalue weighted by atomic mass is 9.76. The van der Waals surface area contributed by atoms with Crippen LogP contribution in [0.4, 0.5) is 0 Å². The summed E-state index contributed by atoms with van der Waals surface area (Å²) >= 11 is 0. The van der Waals surface area contributed by atoms with Crippen molar-refractivity contribution in [2.75, 3.05) is 0 Å². The van der Waals surface area contributed by atoms with Crippen LogP contribution < -0.4 is 5.32 Å². The van der Waals surface area contributed by atoms with Gasteiger partial charge in [-0.2, -0.15) is 0 Å². The molecule has 1 aliphatic heterocycles. The summed E-state index contributed by atoms with van der Waals surface area (Å²) < 4.78 is 14.6. The summed E-state index contributed by atoms with van der Waals surface area (Å²) in [5, 5.41) is 17.7. The highest BCUT2D eigenvalue weighted by atomic mass is 16.7. The van der Waals surface area contributed by atoms with Crippen LogP contribution >= 0.6 is 0 Å². The molecule has 1 aromatic heterocycles.